The van der Waals surface area contributed by atoms with Crippen LogP contribution in [0.25, 0.3) is 10.9 Å². The molecule has 0 saturated carbocycles. The first kappa shape index (κ1) is 12.6. The smallest absolute Gasteiger partial charge is 0.115 e. The summed E-state index contributed by atoms with van der Waals surface area (Å²) in [7, 11) is 0. The molecule has 0 fully saturated rings. The van der Waals surface area contributed by atoms with Gasteiger partial charge in [-0.05, 0) is 55.3 Å². The monoisotopic (exact) mass is 266 g/mol. The van der Waals surface area contributed by atoms with Crippen molar-refractivity contribution in [3.63, 3.8) is 0 Å². The molecule has 1 aromatic heterocycles. The summed E-state index contributed by atoms with van der Waals surface area (Å²) < 4.78 is 0. The number of benzene rings is 2. The first-order valence-corrected chi connectivity index (χ1v) is 6.82. The zero-order valence-electron chi connectivity index (χ0n) is 11.4. The number of fused-ring (bicyclic) bond motifs is 1. The van der Waals surface area contributed by atoms with Gasteiger partial charge in [0.05, 0.1) is 0 Å². The van der Waals surface area contributed by atoms with Crippen molar-refractivity contribution in [1.29, 1.82) is 0 Å². The number of hydrogen-bond acceptors (Lipinski definition) is 2. The highest BCUT2D eigenvalue weighted by Crippen LogP contribution is 2.19. The number of aromatic nitrogens is 1. The summed E-state index contributed by atoms with van der Waals surface area (Å²) in [6.45, 7) is 2.16. The van der Waals surface area contributed by atoms with Crippen LogP contribution in [0.2, 0.25) is 0 Å². The standard InChI is InChI=1S/C17H18N2O/c1-12(10-13-2-5-16(20)6-3-13)19-15-4-7-17-14(11-15)8-9-18-17/h2-9,11-12,18-20H,10H2,1H3. The Hall–Kier alpha value is -2.42. The van der Waals surface area contributed by atoms with E-state index in [1.807, 2.05) is 18.3 Å². The molecule has 1 heterocycles. The third kappa shape index (κ3) is 2.77. The van der Waals surface area contributed by atoms with Gasteiger partial charge in [0.25, 0.3) is 0 Å². The molecule has 3 nitrogen and oxygen atoms in total. The molecule has 2 aromatic carbocycles. The van der Waals surface area contributed by atoms with Crippen molar-refractivity contribution in [2.24, 2.45) is 0 Å². The van der Waals surface area contributed by atoms with Gasteiger partial charge in [-0.15, -0.1) is 0 Å². The quantitative estimate of drug-likeness (QED) is 0.670. The van der Waals surface area contributed by atoms with Crippen molar-refractivity contribution in [1.82, 2.24) is 4.98 Å². The number of H-pyrrole nitrogens is 1. The highest BCUT2D eigenvalue weighted by Gasteiger charge is 2.05. The highest BCUT2D eigenvalue weighted by atomic mass is 16.3. The molecule has 0 radical (unpaired) electrons. The van der Waals surface area contributed by atoms with E-state index in [1.54, 1.807) is 12.1 Å². The molecule has 0 aliphatic carbocycles. The SMILES string of the molecule is CC(Cc1ccc(O)cc1)Nc1ccc2[nH]ccc2c1. The largest absolute Gasteiger partial charge is 0.508 e. The second-order valence-corrected chi connectivity index (χ2v) is 5.20. The van der Waals surface area contributed by atoms with Crippen LogP contribution in [0.4, 0.5) is 5.69 Å². The van der Waals surface area contributed by atoms with E-state index in [0.29, 0.717) is 11.8 Å². The van der Waals surface area contributed by atoms with Gasteiger partial charge in [0, 0.05) is 28.8 Å². The van der Waals surface area contributed by atoms with E-state index in [4.69, 9.17) is 0 Å². The number of rotatable bonds is 4. The molecule has 0 spiro atoms. The average Bonchev–Trinajstić information content (AvgIpc) is 2.89. The number of hydrogen-bond donors (Lipinski definition) is 3. The van der Waals surface area contributed by atoms with Crippen LogP contribution in [0.3, 0.4) is 0 Å². The summed E-state index contributed by atoms with van der Waals surface area (Å²) in [5.74, 6) is 0.312. The number of aromatic hydroxyl groups is 1. The van der Waals surface area contributed by atoms with Crippen LogP contribution in [0.15, 0.2) is 54.7 Å². The molecule has 3 heteroatoms. The fourth-order valence-electron chi connectivity index (χ4n) is 2.46. The summed E-state index contributed by atoms with van der Waals surface area (Å²) in [5.41, 5.74) is 3.50. The van der Waals surface area contributed by atoms with E-state index in [2.05, 4.69) is 41.5 Å². The predicted octanol–water partition coefficient (Wildman–Crippen LogP) is 3.92. The molecule has 0 bridgehead atoms. The van der Waals surface area contributed by atoms with Crippen molar-refractivity contribution < 1.29 is 5.11 Å². The molecule has 0 aliphatic rings. The Kier molecular flexibility index (Phi) is 3.33. The minimum absolute atomic E-state index is 0.312. The zero-order chi connectivity index (χ0) is 13.9. The Morgan fingerprint density at radius 2 is 1.90 bits per heavy atom. The van der Waals surface area contributed by atoms with Crippen LogP contribution >= 0.6 is 0 Å². The first-order valence-electron chi connectivity index (χ1n) is 6.82. The summed E-state index contributed by atoms with van der Waals surface area (Å²) in [4.78, 5) is 3.19. The summed E-state index contributed by atoms with van der Waals surface area (Å²) in [5, 5.41) is 14.0. The van der Waals surface area contributed by atoms with E-state index in [0.717, 1.165) is 17.6 Å². The van der Waals surface area contributed by atoms with Gasteiger partial charge in [0.15, 0.2) is 0 Å². The van der Waals surface area contributed by atoms with Crippen molar-refractivity contribution in [2.75, 3.05) is 5.32 Å². The van der Waals surface area contributed by atoms with E-state index in [1.165, 1.54) is 10.9 Å². The summed E-state index contributed by atoms with van der Waals surface area (Å²) in [6.07, 6.45) is 2.87. The van der Waals surface area contributed by atoms with Crippen LogP contribution in [0.1, 0.15) is 12.5 Å². The Morgan fingerprint density at radius 3 is 2.70 bits per heavy atom. The van der Waals surface area contributed by atoms with Gasteiger partial charge in [-0.1, -0.05) is 12.1 Å². The van der Waals surface area contributed by atoms with Gasteiger partial charge in [-0.3, -0.25) is 0 Å². The Balaban J connectivity index is 1.68. The van der Waals surface area contributed by atoms with E-state index < -0.39 is 0 Å². The van der Waals surface area contributed by atoms with Gasteiger partial charge in [0.2, 0.25) is 0 Å². The number of nitrogens with one attached hydrogen (secondary N) is 2. The van der Waals surface area contributed by atoms with Crippen LogP contribution in [-0.2, 0) is 6.42 Å². The maximum absolute atomic E-state index is 9.29. The number of aromatic amines is 1. The highest BCUT2D eigenvalue weighted by molar-refractivity contribution is 5.83. The minimum Gasteiger partial charge on any atom is -0.508 e. The molecular weight excluding hydrogens is 248 g/mol. The van der Waals surface area contributed by atoms with Crippen molar-refractivity contribution >= 4 is 16.6 Å². The summed E-state index contributed by atoms with van der Waals surface area (Å²) in [6, 6.07) is 16.1. The van der Waals surface area contributed by atoms with Gasteiger partial charge >= 0.3 is 0 Å². The van der Waals surface area contributed by atoms with Crippen molar-refractivity contribution in [3.05, 3.63) is 60.3 Å². The van der Waals surface area contributed by atoms with Gasteiger partial charge in [0.1, 0.15) is 5.75 Å². The molecule has 0 amide bonds. The minimum atomic E-state index is 0.312. The molecule has 102 valence electrons. The molecule has 1 atom stereocenters. The molecule has 0 saturated heterocycles. The summed E-state index contributed by atoms with van der Waals surface area (Å²) >= 11 is 0. The number of phenols is 1. The predicted molar refractivity (Wildman–Crippen MR) is 83.2 cm³/mol. The topological polar surface area (TPSA) is 48.0 Å². The fraction of sp³-hybridized carbons (Fsp3) is 0.176. The second-order valence-electron chi connectivity index (χ2n) is 5.20. The van der Waals surface area contributed by atoms with Gasteiger partial charge < -0.3 is 15.4 Å². The van der Waals surface area contributed by atoms with E-state index in [9.17, 15) is 5.11 Å². The molecular formula is C17H18N2O. The molecule has 3 aromatic rings. The van der Waals surface area contributed by atoms with Crippen molar-refractivity contribution in [2.45, 2.75) is 19.4 Å². The second kappa shape index (κ2) is 5.29. The molecule has 3 N–H and O–H groups in total. The van der Waals surface area contributed by atoms with Crippen molar-refractivity contribution in [3.8, 4) is 5.75 Å². The fourth-order valence-corrected chi connectivity index (χ4v) is 2.46. The lowest BCUT2D eigenvalue weighted by atomic mass is 10.1. The Bertz CT molecular complexity index is 700. The first-order chi connectivity index (χ1) is 9.70. The van der Waals surface area contributed by atoms with E-state index >= 15 is 0 Å². The zero-order valence-corrected chi connectivity index (χ0v) is 11.4. The molecule has 20 heavy (non-hydrogen) atoms. The Labute approximate surface area is 118 Å². The van der Waals surface area contributed by atoms with Crippen LogP contribution in [0.5, 0.6) is 5.75 Å². The normalized spacial score (nSPS) is 12.4. The molecule has 0 aliphatic heterocycles. The Morgan fingerprint density at radius 1 is 1.10 bits per heavy atom. The number of anilines is 1. The lowest BCUT2D eigenvalue weighted by Crippen LogP contribution is -2.17. The average molecular weight is 266 g/mol. The number of phenolic OH excluding ortho intramolecular Hbond substituents is 1. The van der Waals surface area contributed by atoms with Crippen LogP contribution in [-0.4, -0.2) is 16.1 Å². The lowest BCUT2D eigenvalue weighted by molar-refractivity contribution is 0.475. The van der Waals surface area contributed by atoms with Crippen LogP contribution < -0.4 is 5.32 Å². The molecule has 1 unspecified atom stereocenters. The maximum atomic E-state index is 9.29. The van der Waals surface area contributed by atoms with Gasteiger partial charge in [-0.2, -0.15) is 0 Å². The van der Waals surface area contributed by atoms with Gasteiger partial charge in [-0.25, -0.2) is 0 Å². The van der Waals surface area contributed by atoms with E-state index in [-0.39, 0.29) is 0 Å². The maximum Gasteiger partial charge on any atom is 0.115 e. The third-order valence-electron chi connectivity index (χ3n) is 3.44. The molecule has 3 rings (SSSR count). The van der Waals surface area contributed by atoms with Crippen LogP contribution in [0, 0.1) is 0 Å². The third-order valence-corrected chi connectivity index (χ3v) is 3.44. The lowest BCUT2D eigenvalue weighted by Gasteiger charge is -2.15.